The molecule has 5 N–H and O–H groups in total. The average molecular weight is 573 g/mol. The van der Waals surface area contributed by atoms with Gasteiger partial charge in [-0.25, -0.2) is 0 Å². The maximum Gasteiger partial charge on any atom is 0.317 e. The first kappa shape index (κ1) is 33.2. The molecule has 11 nitrogen and oxygen atoms in total. The van der Waals surface area contributed by atoms with E-state index in [1.165, 1.54) is 12.1 Å². The van der Waals surface area contributed by atoms with Gasteiger partial charge in [0.1, 0.15) is 17.3 Å². The number of rotatable bonds is 17. The van der Waals surface area contributed by atoms with Crippen LogP contribution in [0.2, 0.25) is 0 Å². The molecule has 0 saturated carbocycles. The number of Topliss-reactive ketones (excluding diaryl/α,β-unsaturated/α-hetero) is 1. The Morgan fingerprint density at radius 1 is 0.659 bits per heavy atom. The first-order valence-electron chi connectivity index (χ1n) is 13.4. The highest BCUT2D eigenvalue weighted by Crippen LogP contribution is 2.24. The summed E-state index contributed by atoms with van der Waals surface area (Å²) in [5.74, 6) is -3.13. The molecule has 0 unspecified atom stereocenters. The van der Waals surface area contributed by atoms with Crippen LogP contribution in [-0.4, -0.2) is 85.2 Å². The molecule has 41 heavy (non-hydrogen) atoms. The molecular weight excluding hydrogens is 532 g/mol. The Morgan fingerprint density at radius 3 is 1.44 bits per heavy atom. The predicted octanol–water partition coefficient (Wildman–Crippen LogP) is 3.14. The number of carbonyl (C=O) groups is 4. The molecular formula is C30H40N2O9. The third kappa shape index (κ3) is 12.0. The van der Waals surface area contributed by atoms with E-state index < -0.39 is 23.3 Å². The number of hydrogen-bond acceptors (Lipinski definition) is 8. The van der Waals surface area contributed by atoms with Gasteiger partial charge in [-0.15, -0.1) is 0 Å². The minimum absolute atomic E-state index is 0.0169. The smallest absolute Gasteiger partial charge is 0.317 e. The van der Waals surface area contributed by atoms with Crippen LogP contribution >= 0.6 is 0 Å². The Labute approximate surface area is 239 Å². The van der Waals surface area contributed by atoms with Crippen molar-refractivity contribution in [2.45, 2.75) is 59.5 Å². The molecule has 0 bridgehead atoms. The number of benzene rings is 2. The van der Waals surface area contributed by atoms with Crippen molar-refractivity contribution in [2.75, 3.05) is 26.2 Å². The molecule has 0 saturated heterocycles. The van der Waals surface area contributed by atoms with Crippen LogP contribution < -0.4 is 0 Å². The summed E-state index contributed by atoms with van der Waals surface area (Å²) >= 11 is 0. The van der Waals surface area contributed by atoms with Crippen molar-refractivity contribution in [1.82, 2.24) is 9.80 Å². The maximum absolute atomic E-state index is 12.3. The van der Waals surface area contributed by atoms with E-state index in [4.69, 9.17) is 5.11 Å². The number of nitrogens with zero attached hydrogens (tertiary/aromatic N) is 2. The summed E-state index contributed by atoms with van der Waals surface area (Å²) in [5.41, 5.74) is 1.96. The van der Waals surface area contributed by atoms with Crippen LogP contribution in [0, 0.1) is 5.41 Å². The number of carboxylic acid groups (broad SMARTS) is 3. The third-order valence-electron chi connectivity index (χ3n) is 6.63. The normalized spacial score (nSPS) is 11.6. The van der Waals surface area contributed by atoms with E-state index in [0.29, 0.717) is 29.5 Å². The average Bonchev–Trinajstić information content (AvgIpc) is 2.86. The summed E-state index contributed by atoms with van der Waals surface area (Å²) in [6, 6.07) is 9.67. The highest BCUT2D eigenvalue weighted by atomic mass is 16.4. The van der Waals surface area contributed by atoms with Gasteiger partial charge in [0.15, 0.2) is 0 Å². The van der Waals surface area contributed by atoms with Crippen molar-refractivity contribution in [1.29, 1.82) is 0 Å². The van der Waals surface area contributed by atoms with Crippen LogP contribution in [0.3, 0.4) is 0 Å². The molecule has 0 aliphatic heterocycles. The fourth-order valence-corrected chi connectivity index (χ4v) is 4.30. The van der Waals surface area contributed by atoms with Gasteiger partial charge in [0.2, 0.25) is 0 Å². The largest absolute Gasteiger partial charge is 0.508 e. The second-order valence-corrected chi connectivity index (χ2v) is 11.2. The predicted molar refractivity (Wildman–Crippen MR) is 151 cm³/mol. The number of phenolic OH excluding ortho intramolecular Hbond substituents is 2. The van der Waals surface area contributed by atoms with Crippen LogP contribution in [-0.2, 0) is 45.1 Å². The van der Waals surface area contributed by atoms with Crippen molar-refractivity contribution >= 4 is 23.7 Å². The van der Waals surface area contributed by atoms with E-state index in [2.05, 4.69) is 0 Å². The first-order valence-corrected chi connectivity index (χ1v) is 13.4. The second kappa shape index (κ2) is 15.2. The molecule has 2 aromatic carbocycles. The summed E-state index contributed by atoms with van der Waals surface area (Å²) in [7, 11) is 0. The number of aliphatic carboxylic acids is 3. The number of carboxylic acids is 3. The molecule has 224 valence electrons. The van der Waals surface area contributed by atoms with Crippen LogP contribution in [0.25, 0.3) is 0 Å². The molecule has 0 radical (unpaired) electrons. The van der Waals surface area contributed by atoms with Crippen molar-refractivity contribution < 1.29 is 44.7 Å². The van der Waals surface area contributed by atoms with Gasteiger partial charge >= 0.3 is 17.9 Å². The van der Waals surface area contributed by atoms with Gasteiger partial charge in [-0.05, 0) is 36.1 Å². The van der Waals surface area contributed by atoms with Gasteiger partial charge in [-0.3, -0.25) is 29.0 Å². The summed E-state index contributed by atoms with van der Waals surface area (Å²) in [5, 5.41) is 48.7. The van der Waals surface area contributed by atoms with Crippen molar-refractivity contribution in [2.24, 2.45) is 5.41 Å². The topological polar surface area (TPSA) is 176 Å². The zero-order chi connectivity index (χ0) is 30.7. The number of hydrogen-bond donors (Lipinski definition) is 5. The molecule has 0 spiro atoms. The lowest BCUT2D eigenvalue weighted by atomic mass is 9.87. The van der Waals surface area contributed by atoms with E-state index in [0.717, 1.165) is 5.56 Å². The molecule has 0 aliphatic rings. The second-order valence-electron chi connectivity index (χ2n) is 11.2. The molecule has 2 rings (SSSR count). The molecule has 0 amide bonds. The minimum atomic E-state index is -1.11. The number of aryl methyl sites for hydroxylation is 2. The maximum atomic E-state index is 12.3. The summed E-state index contributed by atoms with van der Waals surface area (Å²) in [4.78, 5) is 49.5. The molecule has 0 aromatic heterocycles. The molecule has 0 fully saturated rings. The first-order chi connectivity index (χ1) is 19.1. The highest BCUT2D eigenvalue weighted by Gasteiger charge is 2.21. The lowest BCUT2D eigenvalue weighted by Gasteiger charge is -2.26. The van der Waals surface area contributed by atoms with Crippen LogP contribution in [0.5, 0.6) is 11.5 Å². The zero-order valence-corrected chi connectivity index (χ0v) is 23.8. The van der Waals surface area contributed by atoms with E-state index in [1.807, 2.05) is 20.8 Å². The van der Waals surface area contributed by atoms with Crippen molar-refractivity contribution in [3.05, 3.63) is 58.7 Å². The summed E-state index contributed by atoms with van der Waals surface area (Å²) in [6.07, 6.45) is 0.972. The van der Waals surface area contributed by atoms with Crippen LogP contribution in [0.4, 0.5) is 0 Å². The highest BCUT2D eigenvalue weighted by molar-refractivity contribution is 5.83. The number of phenols is 2. The molecule has 11 heteroatoms. The third-order valence-corrected chi connectivity index (χ3v) is 6.63. The standard InChI is InChI=1S/C30H40N2O9/c1-30(2,3)26(35)10-6-20-4-8-24(33)22(14-20)16-31(18-28(38)39)12-13-32(19-29(40)41)17-23-15-21(5-9-25(23)34)7-11-27(36)37/h4-5,8-9,14-15,33-34H,6-7,10-13,16-19H2,1-3H3,(H,36,37)(H,38,39)(H,40,41). The Kier molecular flexibility index (Phi) is 12.3. The van der Waals surface area contributed by atoms with Crippen molar-refractivity contribution in [3.63, 3.8) is 0 Å². The minimum Gasteiger partial charge on any atom is -0.508 e. The summed E-state index contributed by atoms with van der Waals surface area (Å²) in [6.45, 7) is 5.24. The fraction of sp³-hybridized carbons (Fsp3) is 0.467. The van der Waals surface area contributed by atoms with Gasteiger partial charge < -0.3 is 25.5 Å². The van der Waals surface area contributed by atoms with E-state index >= 15 is 0 Å². The molecule has 2 aromatic rings. The number of aromatic hydroxyl groups is 2. The Hall–Kier alpha value is -3.96. The summed E-state index contributed by atoms with van der Waals surface area (Å²) < 4.78 is 0. The Bertz CT molecular complexity index is 1240. The van der Waals surface area contributed by atoms with E-state index in [-0.39, 0.29) is 69.4 Å². The zero-order valence-electron chi connectivity index (χ0n) is 23.8. The van der Waals surface area contributed by atoms with E-state index in [1.54, 1.807) is 34.1 Å². The van der Waals surface area contributed by atoms with Gasteiger partial charge in [0.05, 0.1) is 13.1 Å². The van der Waals surface area contributed by atoms with Crippen LogP contribution in [0.1, 0.15) is 55.9 Å². The molecule has 0 heterocycles. The lowest BCUT2D eigenvalue weighted by molar-refractivity contribution is -0.140. The molecule has 0 atom stereocenters. The number of carbonyl (C=O) groups excluding carboxylic acids is 1. The van der Waals surface area contributed by atoms with Crippen LogP contribution in [0.15, 0.2) is 36.4 Å². The Balaban J connectivity index is 2.17. The Morgan fingerprint density at radius 2 is 1.07 bits per heavy atom. The van der Waals surface area contributed by atoms with Crippen molar-refractivity contribution in [3.8, 4) is 11.5 Å². The fourth-order valence-electron chi connectivity index (χ4n) is 4.30. The van der Waals surface area contributed by atoms with Gasteiger partial charge in [-0.2, -0.15) is 0 Å². The van der Waals surface area contributed by atoms with Gasteiger partial charge in [0, 0.05) is 55.6 Å². The monoisotopic (exact) mass is 572 g/mol. The lowest BCUT2D eigenvalue weighted by Crippen LogP contribution is -2.39. The molecule has 0 aliphatic carbocycles. The number of ketones is 1. The van der Waals surface area contributed by atoms with E-state index in [9.17, 15) is 39.6 Å². The SMILES string of the molecule is CC(C)(C)C(=O)CCc1ccc(O)c(CN(CCN(CC(=O)O)Cc2cc(CCC(=O)O)ccc2O)CC(=O)O)c1. The van der Waals surface area contributed by atoms with Gasteiger partial charge in [-0.1, -0.05) is 45.0 Å². The van der Waals surface area contributed by atoms with Gasteiger partial charge in [0.25, 0.3) is 0 Å². The quantitative estimate of drug-likeness (QED) is 0.188.